The van der Waals surface area contributed by atoms with Gasteiger partial charge in [0.05, 0.1) is 0 Å². The van der Waals surface area contributed by atoms with Crippen molar-refractivity contribution >= 4 is 22.1 Å². The molecule has 0 bridgehead atoms. The van der Waals surface area contributed by atoms with Crippen molar-refractivity contribution in [3.05, 3.63) is 0 Å². The molecule has 0 amide bonds. The molecule has 0 aromatic rings. The standard InChI is InChI=1S/C4H14B3N3/c1-4-10-6-8-5-9(3)7(10)2/h5-6,8H,4H2,1-3H3. The molecule has 10 heavy (non-hydrogen) atoms. The first kappa shape index (κ1) is 8.17. The fourth-order valence-corrected chi connectivity index (χ4v) is 1.29. The molecule has 0 aliphatic carbocycles. The third kappa shape index (κ3) is 1.56. The quantitative estimate of drug-likeness (QED) is 0.443. The highest BCUT2D eigenvalue weighted by Gasteiger charge is 2.26. The first-order valence-electron chi connectivity index (χ1n) is 3.90. The van der Waals surface area contributed by atoms with Gasteiger partial charge >= 0.3 is 0 Å². The topological polar surface area (TPSA) is 18.5 Å². The fourth-order valence-electron chi connectivity index (χ4n) is 1.29. The Morgan fingerprint density at radius 3 is 2.70 bits per heavy atom. The lowest BCUT2D eigenvalue weighted by Gasteiger charge is -2.36. The van der Waals surface area contributed by atoms with E-state index in [9.17, 15) is 0 Å². The molecule has 0 saturated carbocycles. The largest absolute Gasteiger partial charge is 0.377 e. The van der Waals surface area contributed by atoms with E-state index in [4.69, 9.17) is 0 Å². The van der Waals surface area contributed by atoms with E-state index in [0.29, 0.717) is 6.98 Å². The molecule has 0 radical (unpaired) electrons. The first-order chi connectivity index (χ1) is 4.75. The Morgan fingerprint density at radius 1 is 1.50 bits per heavy atom. The summed E-state index contributed by atoms with van der Waals surface area (Å²) in [6.07, 6.45) is 0. The van der Waals surface area contributed by atoms with Crippen LogP contribution in [0.2, 0.25) is 6.82 Å². The fraction of sp³-hybridized carbons (Fsp3) is 1.00. The summed E-state index contributed by atoms with van der Waals surface area (Å²) in [5, 5.41) is 3.32. The minimum absolute atomic E-state index is 0.589. The van der Waals surface area contributed by atoms with Gasteiger partial charge in [-0.25, -0.2) is 0 Å². The highest BCUT2D eigenvalue weighted by atomic mass is 15.2. The second-order valence-corrected chi connectivity index (χ2v) is 2.86. The van der Waals surface area contributed by atoms with E-state index >= 15 is 0 Å². The Balaban J connectivity index is 2.42. The molecular formula is C4H14B3N3. The number of hydrogen-bond donors (Lipinski definition) is 1. The minimum atomic E-state index is 0.589. The normalized spacial score (nSPS) is 22.1. The summed E-state index contributed by atoms with van der Waals surface area (Å²) in [7, 11) is 4.18. The zero-order valence-corrected chi connectivity index (χ0v) is 7.09. The first-order valence-corrected chi connectivity index (χ1v) is 3.90. The Labute approximate surface area is 64.8 Å². The van der Waals surface area contributed by atoms with Gasteiger partial charge in [0, 0.05) is 0 Å². The van der Waals surface area contributed by atoms with Crippen molar-refractivity contribution in [3.63, 3.8) is 0 Å². The number of nitrogens with zero attached hydrogens (tertiary/aromatic N) is 2. The maximum Gasteiger partial charge on any atom is 0.286 e. The Bertz CT molecular complexity index is 112. The molecule has 1 fully saturated rings. The predicted octanol–water partition coefficient (Wildman–Crippen LogP) is -1.51. The van der Waals surface area contributed by atoms with Crippen molar-refractivity contribution in [3.8, 4) is 0 Å². The Morgan fingerprint density at radius 2 is 2.20 bits per heavy atom. The number of nitrogens with one attached hydrogen (secondary N) is 1. The van der Waals surface area contributed by atoms with E-state index in [0.717, 1.165) is 21.6 Å². The van der Waals surface area contributed by atoms with Crippen LogP contribution >= 0.6 is 0 Å². The smallest absolute Gasteiger partial charge is 0.286 e. The highest BCUT2D eigenvalue weighted by molar-refractivity contribution is 6.73. The lowest BCUT2D eigenvalue weighted by Crippen LogP contribution is -2.64. The maximum atomic E-state index is 3.32. The SMILES string of the molecule is CCN1BNBN(C)B1C. The Hall–Kier alpha value is 0.0748. The van der Waals surface area contributed by atoms with Gasteiger partial charge in [0.2, 0.25) is 0 Å². The van der Waals surface area contributed by atoms with Crippen LogP contribution in [0.3, 0.4) is 0 Å². The van der Waals surface area contributed by atoms with Gasteiger partial charge in [-0.15, -0.1) is 0 Å². The monoisotopic (exact) mass is 137 g/mol. The lowest BCUT2D eigenvalue weighted by molar-refractivity contribution is 0.603. The van der Waals surface area contributed by atoms with Crippen molar-refractivity contribution in [2.45, 2.75) is 13.7 Å². The van der Waals surface area contributed by atoms with Crippen molar-refractivity contribution in [1.82, 2.24) is 14.6 Å². The van der Waals surface area contributed by atoms with Crippen LogP contribution in [0.4, 0.5) is 0 Å². The Kier molecular flexibility index (Phi) is 2.83. The molecule has 1 rings (SSSR count). The third-order valence-electron chi connectivity index (χ3n) is 2.25. The van der Waals surface area contributed by atoms with Gasteiger partial charge in [-0.2, -0.15) is 0 Å². The van der Waals surface area contributed by atoms with Crippen LogP contribution < -0.4 is 5.14 Å². The third-order valence-corrected chi connectivity index (χ3v) is 2.25. The zero-order chi connectivity index (χ0) is 7.56. The molecular weight excluding hydrogens is 123 g/mol. The van der Waals surface area contributed by atoms with Crippen LogP contribution in [0.5, 0.6) is 0 Å². The van der Waals surface area contributed by atoms with Crippen molar-refractivity contribution < 1.29 is 0 Å². The van der Waals surface area contributed by atoms with E-state index in [1.807, 2.05) is 0 Å². The minimum Gasteiger partial charge on any atom is -0.377 e. The summed E-state index contributed by atoms with van der Waals surface area (Å²) in [5.41, 5.74) is 0. The molecule has 0 unspecified atom stereocenters. The average Bonchev–Trinajstić information content (AvgIpc) is 1.95. The van der Waals surface area contributed by atoms with Crippen LogP contribution in [0, 0.1) is 0 Å². The van der Waals surface area contributed by atoms with Crippen LogP contribution in [-0.4, -0.2) is 45.1 Å². The van der Waals surface area contributed by atoms with E-state index in [2.05, 4.69) is 35.4 Å². The molecule has 0 spiro atoms. The van der Waals surface area contributed by atoms with E-state index < -0.39 is 0 Å². The van der Waals surface area contributed by atoms with Gasteiger partial charge < -0.3 is 14.6 Å². The number of rotatable bonds is 1. The number of hydrogen-bond acceptors (Lipinski definition) is 3. The summed E-state index contributed by atoms with van der Waals surface area (Å²) in [6.45, 7) is 6.14. The molecule has 1 aliphatic heterocycles. The summed E-state index contributed by atoms with van der Waals surface area (Å²) in [6, 6.07) is 0. The van der Waals surface area contributed by atoms with E-state index in [-0.39, 0.29) is 0 Å². The van der Waals surface area contributed by atoms with Gasteiger partial charge in [-0.1, -0.05) is 13.7 Å². The lowest BCUT2D eigenvalue weighted by atomic mass is 9.62. The van der Waals surface area contributed by atoms with Crippen LogP contribution in [0.15, 0.2) is 0 Å². The van der Waals surface area contributed by atoms with Gasteiger partial charge in [-0.3, -0.25) is 0 Å². The second kappa shape index (κ2) is 3.46. The molecule has 1 saturated heterocycles. The van der Waals surface area contributed by atoms with Crippen LogP contribution in [-0.2, 0) is 0 Å². The average molecular weight is 137 g/mol. The molecule has 6 heteroatoms. The molecule has 54 valence electrons. The van der Waals surface area contributed by atoms with Crippen LogP contribution in [0.25, 0.3) is 0 Å². The summed E-state index contributed by atoms with van der Waals surface area (Å²) >= 11 is 0. The van der Waals surface area contributed by atoms with E-state index in [1.54, 1.807) is 0 Å². The van der Waals surface area contributed by atoms with Gasteiger partial charge in [0.15, 0.2) is 0 Å². The summed E-state index contributed by atoms with van der Waals surface area (Å²) in [4.78, 5) is 0. The highest BCUT2D eigenvalue weighted by Crippen LogP contribution is 1.98. The van der Waals surface area contributed by atoms with Gasteiger partial charge in [0.25, 0.3) is 22.1 Å². The molecule has 0 aromatic heterocycles. The molecule has 1 heterocycles. The molecule has 0 aromatic carbocycles. The summed E-state index contributed by atoms with van der Waals surface area (Å²) < 4.78 is 4.69. The second-order valence-electron chi connectivity index (χ2n) is 2.86. The van der Waals surface area contributed by atoms with Crippen LogP contribution in [0.1, 0.15) is 6.92 Å². The molecule has 3 nitrogen and oxygen atoms in total. The summed E-state index contributed by atoms with van der Waals surface area (Å²) in [5.74, 6) is 0. The van der Waals surface area contributed by atoms with E-state index in [1.165, 1.54) is 0 Å². The van der Waals surface area contributed by atoms with Crippen molar-refractivity contribution in [1.29, 1.82) is 0 Å². The predicted molar refractivity (Wildman–Crippen MR) is 49.2 cm³/mol. The maximum absolute atomic E-state index is 3.32. The molecule has 1 N–H and O–H groups in total. The molecule has 1 aliphatic rings. The van der Waals surface area contributed by atoms with Gasteiger partial charge in [-0.05, 0) is 13.6 Å². The molecule has 0 atom stereocenters. The zero-order valence-electron chi connectivity index (χ0n) is 7.09. The van der Waals surface area contributed by atoms with Crippen molar-refractivity contribution in [2.75, 3.05) is 13.6 Å². The van der Waals surface area contributed by atoms with Gasteiger partial charge in [0.1, 0.15) is 0 Å². The van der Waals surface area contributed by atoms with Crippen molar-refractivity contribution in [2.24, 2.45) is 0 Å².